The number of nitrogen functional groups attached to an aromatic ring is 1. The highest BCUT2D eigenvalue weighted by molar-refractivity contribution is 7.91. The van der Waals surface area contributed by atoms with E-state index < -0.39 is 9.84 Å². The highest BCUT2D eigenvalue weighted by Gasteiger charge is 2.12. The zero-order valence-corrected chi connectivity index (χ0v) is 12.7. The topological polar surface area (TPSA) is 98.0 Å². The number of nitrogens with zero attached hydrogens (tertiary/aromatic N) is 2. The van der Waals surface area contributed by atoms with Crippen molar-refractivity contribution in [2.75, 3.05) is 29.1 Å². The molecule has 0 bridgehead atoms. The summed E-state index contributed by atoms with van der Waals surface area (Å²) < 4.78 is 22.8. The number of rotatable bonds is 6. The molecule has 0 radical (unpaired) electrons. The van der Waals surface area contributed by atoms with Gasteiger partial charge in [-0.25, -0.2) is 18.4 Å². The monoisotopic (exact) mass is 286 g/mol. The Balaban J connectivity index is 2.83. The number of nitrogens with one attached hydrogen (secondary N) is 1. The van der Waals surface area contributed by atoms with Crippen molar-refractivity contribution in [1.82, 2.24) is 9.97 Å². The molecule has 7 heteroatoms. The van der Waals surface area contributed by atoms with Crippen LogP contribution in [0.1, 0.15) is 38.1 Å². The van der Waals surface area contributed by atoms with E-state index >= 15 is 0 Å². The fourth-order valence-corrected chi connectivity index (χ4v) is 2.15. The van der Waals surface area contributed by atoms with E-state index in [9.17, 15) is 8.42 Å². The molecule has 0 aliphatic heterocycles. The summed E-state index contributed by atoms with van der Waals surface area (Å²) in [5, 5.41) is 3.03. The summed E-state index contributed by atoms with van der Waals surface area (Å²) in [5.74, 6) is 2.11. The second-order valence-electron chi connectivity index (χ2n) is 4.76. The van der Waals surface area contributed by atoms with Gasteiger partial charge in [0.15, 0.2) is 9.84 Å². The van der Waals surface area contributed by atoms with Gasteiger partial charge in [-0.15, -0.1) is 0 Å². The van der Waals surface area contributed by atoms with Crippen LogP contribution in [0.3, 0.4) is 0 Å². The lowest BCUT2D eigenvalue weighted by Gasteiger charge is -2.13. The SMILES string of the molecule is CCS(=O)(=O)CCNc1nc(C(C)C)nc(N)c1C. The molecule has 1 aromatic heterocycles. The van der Waals surface area contributed by atoms with Gasteiger partial charge < -0.3 is 11.1 Å². The molecule has 19 heavy (non-hydrogen) atoms. The summed E-state index contributed by atoms with van der Waals surface area (Å²) >= 11 is 0. The Morgan fingerprint density at radius 3 is 2.47 bits per heavy atom. The molecule has 1 heterocycles. The molecular formula is C12H22N4O2S. The number of sulfone groups is 1. The maximum atomic E-state index is 11.4. The molecule has 1 aromatic rings. The summed E-state index contributed by atoms with van der Waals surface area (Å²) in [7, 11) is -2.98. The van der Waals surface area contributed by atoms with Crippen molar-refractivity contribution in [2.24, 2.45) is 0 Å². The Bertz CT molecular complexity index is 541. The standard InChI is InChI=1S/C12H22N4O2S/c1-5-19(17,18)7-6-14-12-9(4)10(13)15-11(16-12)8(2)3/h8H,5-7H2,1-4H3,(H3,13,14,15,16). The van der Waals surface area contributed by atoms with E-state index in [2.05, 4.69) is 15.3 Å². The van der Waals surface area contributed by atoms with E-state index in [1.165, 1.54) is 0 Å². The van der Waals surface area contributed by atoms with Gasteiger partial charge in [0.25, 0.3) is 0 Å². The Hall–Kier alpha value is -1.37. The van der Waals surface area contributed by atoms with Crippen LogP contribution >= 0.6 is 0 Å². The third-order valence-electron chi connectivity index (χ3n) is 2.86. The fraction of sp³-hybridized carbons (Fsp3) is 0.667. The van der Waals surface area contributed by atoms with E-state index in [-0.39, 0.29) is 17.4 Å². The van der Waals surface area contributed by atoms with Gasteiger partial charge in [-0.3, -0.25) is 0 Å². The first kappa shape index (κ1) is 15.7. The van der Waals surface area contributed by atoms with E-state index in [0.717, 1.165) is 5.56 Å². The number of hydrogen-bond donors (Lipinski definition) is 2. The molecule has 0 aliphatic carbocycles. The summed E-state index contributed by atoms with van der Waals surface area (Å²) in [6.07, 6.45) is 0. The molecule has 0 aliphatic rings. The molecule has 0 unspecified atom stereocenters. The van der Waals surface area contributed by atoms with Crippen molar-refractivity contribution in [3.05, 3.63) is 11.4 Å². The van der Waals surface area contributed by atoms with Crippen LogP contribution in [0.5, 0.6) is 0 Å². The second-order valence-corrected chi connectivity index (χ2v) is 7.23. The fourth-order valence-electron chi connectivity index (χ4n) is 1.45. The van der Waals surface area contributed by atoms with E-state index in [0.29, 0.717) is 24.0 Å². The predicted octanol–water partition coefficient (Wildman–Crippen LogP) is 1.34. The highest BCUT2D eigenvalue weighted by atomic mass is 32.2. The first-order chi connectivity index (χ1) is 8.76. The van der Waals surface area contributed by atoms with Gasteiger partial charge in [0.2, 0.25) is 0 Å². The predicted molar refractivity (Wildman–Crippen MR) is 78.1 cm³/mol. The van der Waals surface area contributed by atoms with Gasteiger partial charge in [0.1, 0.15) is 17.5 Å². The second kappa shape index (κ2) is 6.18. The Labute approximate surface area is 114 Å². The Kier molecular flexibility index (Phi) is 5.11. The van der Waals surface area contributed by atoms with Gasteiger partial charge in [-0.2, -0.15) is 0 Å². The highest BCUT2D eigenvalue weighted by Crippen LogP contribution is 2.20. The number of aromatic nitrogens is 2. The van der Waals surface area contributed by atoms with E-state index in [1.54, 1.807) is 6.92 Å². The molecule has 108 valence electrons. The van der Waals surface area contributed by atoms with Crippen molar-refractivity contribution < 1.29 is 8.42 Å². The molecule has 0 atom stereocenters. The minimum absolute atomic E-state index is 0.0872. The molecule has 6 nitrogen and oxygen atoms in total. The zero-order valence-electron chi connectivity index (χ0n) is 11.9. The third-order valence-corrected chi connectivity index (χ3v) is 4.57. The van der Waals surface area contributed by atoms with Crippen molar-refractivity contribution in [1.29, 1.82) is 0 Å². The summed E-state index contributed by atoms with van der Waals surface area (Å²) in [5.41, 5.74) is 6.58. The maximum absolute atomic E-state index is 11.4. The minimum Gasteiger partial charge on any atom is -0.383 e. The molecule has 1 rings (SSSR count). The molecule has 0 aromatic carbocycles. The normalized spacial score (nSPS) is 11.8. The third kappa shape index (κ3) is 4.34. The van der Waals surface area contributed by atoms with Gasteiger partial charge >= 0.3 is 0 Å². The molecule has 0 spiro atoms. The maximum Gasteiger partial charge on any atom is 0.151 e. The van der Waals surface area contributed by atoms with Crippen molar-refractivity contribution in [2.45, 2.75) is 33.6 Å². The van der Waals surface area contributed by atoms with Crippen LogP contribution in [-0.2, 0) is 9.84 Å². The summed E-state index contributed by atoms with van der Waals surface area (Å²) in [4.78, 5) is 8.60. The molecule has 0 fully saturated rings. The van der Waals surface area contributed by atoms with Gasteiger partial charge in [0, 0.05) is 23.8 Å². The molecule has 0 saturated carbocycles. The van der Waals surface area contributed by atoms with Crippen LogP contribution in [0.2, 0.25) is 0 Å². The number of hydrogen-bond acceptors (Lipinski definition) is 6. The van der Waals surface area contributed by atoms with Crippen LogP contribution in [0.4, 0.5) is 11.6 Å². The lowest BCUT2D eigenvalue weighted by molar-refractivity contribution is 0.597. The smallest absolute Gasteiger partial charge is 0.151 e. The van der Waals surface area contributed by atoms with Crippen LogP contribution < -0.4 is 11.1 Å². The molecular weight excluding hydrogens is 264 g/mol. The lowest BCUT2D eigenvalue weighted by atomic mass is 10.2. The number of anilines is 2. The van der Waals surface area contributed by atoms with Crippen molar-refractivity contribution >= 4 is 21.5 Å². The zero-order chi connectivity index (χ0) is 14.6. The van der Waals surface area contributed by atoms with Crippen LogP contribution in [0.15, 0.2) is 0 Å². The van der Waals surface area contributed by atoms with Gasteiger partial charge in [-0.05, 0) is 6.92 Å². The molecule has 3 N–H and O–H groups in total. The first-order valence-electron chi connectivity index (χ1n) is 6.35. The average molecular weight is 286 g/mol. The van der Waals surface area contributed by atoms with E-state index in [1.807, 2.05) is 20.8 Å². The molecule has 0 amide bonds. The van der Waals surface area contributed by atoms with Crippen LogP contribution in [-0.4, -0.2) is 36.4 Å². The van der Waals surface area contributed by atoms with E-state index in [4.69, 9.17) is 5.73 Å². The van der Waals surface area contributed by atoms with Crippen LogP contribution in [0, 0.1) is 6.92 Å². The first-order valence-corrected chi connectivity index (χ1v) is 8.17. The lowest BCUT2D eigenvalue weighted by Crippen LogP contribution is -2.19. The molecule has 0 saturated heterocycles. The van der Waals surface area contributed by atoms with Crippen molar-refractivity contribution in [3.8, 4) is 0 Å². The summed E-state index contributed by atoms with van der Waals surface area (Å²) in [6.45, 7) is 7.74. The van der Waals surface area contributed by atoms with Crippen LogP contribution in [0.25, 0.3) is 0 Å². The minimum atomic E-state index is -2.98. The van der Waals surface area contributed by atoms with Gasteiger partial charge in [0.05, 0.1) is 5.75 Å². The summed E-state index contributed by atoms with van der Waals surface area (Å²) in [6, 6.07) is 0. The van der Waals surface area contributed by atoms with Gasteiger partial charge in [-0.1, -0.05) is 20.8 Å². The largest absolute Gasteiger partial charge is 0.383 e. The quantitative estimate of drug-likeness (QED) is 0.819. The number of nitrogens with two attached hydrogens (primary N) is 1. The average Bonchev–Trinajstić information content (AvgIpc) is 2.33. The Morgan fingerprint density at radius 1 is 1.32 bits per heavy atom. The van der Waals surface area contributed by atoms with Crippen molar-refractivity contribution in [3.63, 3.8) is 0 Å². The Morgan fingerprint density at radius 2 is 1.95 bits per heavy atom.